The van der Waals surface area contributed by atoms with E-state index in [1.165, 1.54) is 18.2 Å². The van der Waals surface area contributed by atoms with E-state index in [0.29, 0.717) is 5.56 Å². The summed E-state index contributed by atoms with van der Waals surface area (Å²) in [7, 11) is 1.63. The Kier molecular flexibility index (Phi) is 5.20. The molecule has 0 fully saturated rings. The standard InChI is InChI=1S/C16H14F4N2S/c1-22(10-11-5-2-3-8-14(11)17)15(23)21-13-7-4-6-12(9-13)16(18,19)20/h2-9H,10H2,1H3,(H,21,23). The third-order valence-electron chi connectivity index (χ3n) is 3.15. The summed E-state index contributed by atoms with van der Waals surface area (Å²) in [6.07, 6.45) is -4.42. The monoisotopic (exact) mass is 342 g/mol. The van der Waals surface area contributed by atoms with Gasteiger partial charge in [0.15, 0.2) is 5.11 Å². The zero-order chi connectivity index (χ0) is 17.0. The Labute approximate surface area is 136 Å². The van der Waals surface area contributed by atoms with E-state index in [-0.39, 0.29) is 23.2 Å². The average Bonchev–Trinajstić information content (AvgIpc) is 2.49. The first-order valence-electron chi connectivity index (χ1n) is 6.70. The van der Waals surface area contributed by atoms with Gasteiger partial charge in [0.1, 0.15) is 5.82 Å². The summed E-state index contributed by atoms with van der Waals surface area (Å²) in [6.45, 7) is 0.206. The third kappa shape index (κ3) is 4.66. The van der Waals surface area contributed by atoms with Crippen LogP contribution in [0.2, 0.25) is 0 Å². The van der Waals surface area contributed by atoms with Gasteiger partial charge in [-0.05, 0) is 36.5 Å². The van der Waals surface area contributed by atoms with Crippen molar-refractivity contribution in [1.29, 1.82) is 0 Å². The minimum absolute atomic E-state index is 0.201. The van der Waals surface area contributed by atoms with E-state index in [2.05, 4.69) is 5.32 Å². The molecule has 0 saturated heterocycles. The molecule has 0 aromatic heterocycles. The van der Waals surface area contributed by atoms with Crippen molar-refractivity contribution in [1.82, 2.24) is 4.90 Å². The molecule has 2 rings (SSSR count). The molecule has 0 atom stereocenters. The van der Waals surface area contributed by atoms with Crippen LogP contribution in [0.5, 0.6) is 0 Å². The number of halogens is 4. The molecule has 2 nitrogen and oxygen atoms in total. The van der Waals surface area contributed by atoms with E-state index in [0.717, 1.165) is 12.1 Å². The summed E-state index contributed by atoms with van der Waals surface area (Å²) in [5.41, 5.74) is -0.0875. The van der Waals surface area contributed by atoms with Crippen LogP contribution in [0.15, 0.2) is 48.5 Å². The number of alkyl halides is 3. The molecule has 0 aliphatic carbocycles. The van der Waals surface area contributed by atoms with Crippen molar-refractivity contribution in [3.63, 3.8) is 0 Å². The highest BCUT2D eigenvalue weighted by molar-refractivity contribution is 7.80. The van der Waals surface area contributed by atoms with Crippen molar-refractivity contribution in [3.05, 3.63) is 65.5 Å². The zero-order valence-electron chi connectivity index (χ0n) is 12.2. The first-order valence-corrected chi connectivity index (χ1v) is 7.11. The van der Waals surface area contributed by atoms with Crippen molar-refractivity contribution in [2.75, 3.05) is 12.4 Å². The summed E-state index contributed by atoms with van der Waals surface area (Å²) in [4.78, 5) is 1.55. The molecule has 2 aromatic carbocycles. The number of hydrogen-bond donors (Lipinski definition) is 1. The van der Waals surface area contributed by atoms with Gasteiger partial charge in [-0.25, -0.2) is 4.39 Å². The van der Waals surface area contributed by atoms with Gasteiger partial charge in [-0.2, -0.15) is 13.2 Å². The number of anilines is 1. The molecule has 0 unspecified atom stereocenters. The maximum Gasteiger partial charge on any atom is 0.416 e. The van der Waals surface area contributed by atoms with Gasteiger partial charge in [-0.3, -0.25) is 0 Å². The number of nitrogens with zero attached hydrogens (tertiary/aromatic N) is 1. The summed E-state index contributed by atoms with van der Waals surface area (Å²) >= 11 is 5.15. The number of nitrogens with one attached hydrogen (secondary N) is 1. The summed E-state index contributed by atoms with van der Waals surface area (Å²) in [6, 6.07) is 11.0. The number of thiocarbonyl (C=S) groups is 1. The molecule has 0 radical (unpaired) electrons. The average molecular weight is 342 g/mol. The van der Waals surface area contributed by atoms with Gasteiger partial charge >= 0.3 is 6.18 Å². The van der Waals surface area contributed by atoms with Gasteiger partial charge in [0.05, 0.1) is 5.56 Å². The lowest BCUT2D eigenvalue weighted by Crippen LogP contribution is -2.31. The molecule has 23 heavy (non-hydrogen) atoms. The van der Waals surface area contributed by atoms with Crippen molar-refractivity contribution < 1.29 is 17.6 Å². The highest BCUT2D eigenvalue weighted by atomic mass is 32.1. The molecule has 0 aliphatic heterocycles. The van der Waals surface area contributed by atoms with Crippen LogP contribution in [0.4, 0.5) is 23.2 Å². The van der Waals surface area contributed by atoms with Gasteiger partial charge in [0.25, 0.3) is 0 Å². The van der Waals surface area contributed by atoms with Gasteiger partial charge in [0.2, 0.25) is 0 Å². The smallest absolute Gasteiger partial charge is 0.348 e. The van der Waals surface area contributed by atoms with Gasteiger partial charge in [-0.15, -0.1) is 0 Å². The highest BCUT2D eigenvalue weighted by Gasteiger charge is 2.30. The molecule has 0 aliphatic rings. The molecule has 7 heteroatoms. The van der Waals surface area contributed by atoms with Crippen LogP contribution in [0.3, 0.4) is 0 Å². The molecular formula is C16H14F4N2S. The van der Waals surface area contributed by atoms with E-state index in [1.807, 2.05) is 0 Å². The zero-order valence-corrected chi connectivity index (χ0v) is 13.0. The fourth-order valence-electron chi connectivity index (χ4n) is 1.95. The normalized spacial score (nSPS) is 11.2. The molecule has 0 amide bonds. The second-order valence-corrected chi connectivity index (χ2v) is 5.34. The Morgan fingerprint density at radius 1 is 1.13 bits per heavy atom. The summed E-state index contributed by atoms with van der Waals surface area (Å²) < 4.78 is 51.7. The second-order valence-electron chi connectivity index (χ2n) is 4.96. The number of rotatable bonds is 3. The van der Waals surface area contributed by atoms with Crippen LogP contribution in [-0.4, -0.2) is 17.1 Å². The van der Waals surface area contributed by atoms with Crippen molar-refractivity contribution in [2.45, 2.75) is 12.7 Å². The predicted molar refractivity (Wildman–Crippen MR) is 85.5 cm³/mol. The van der Waals surface area contributed by atoms with Crippen LogP contribution in [0, 0.1) is 5.82 Å². The molecule has 2 aromatic rings. The van der Waals surface area contributed by atoms with E-state index < -0.39 is 11.7 Å². The molecule has 0 heterocycles. The molecule has 1 N–H and O–H groups in total. The molecule has 0 saturated carbocycles. The third-order valence-corrected chi connectivity index (χ3v) is 3.57. The second kappa shape index (κ2) is 6.95. The molecule has 122 valence electrons. The summed E-state index contributed by atoms with van der Waals surface area (Å²) in [5, 5.41) is 2.93. The lowest BCUT2D eigenvalue weighted by atomic mass is 10.2. The van der Waals surface area contributed by atoms with Crippen LogP contribution < -0.4 is 5.32 Å². The van der Waals surface area contributed by atoms with Crippen LogP contribution in [-0.2, 0) is 12.7 Å². The minimum atomic E-state index is -4.42. The van der Waals surface area contributed by atoms with Crippen molar-refractivity contribution in [3.8, 4) is 0 Å². The first kappa shape index (κ1) is 17.2. The lowest BCUT2D eigenvalue weighted by molar-refractivity contribution is -0.137. The predicted octanol–water partition coefficient (Wildman–Crippen LogP) is 4.67. The fraction of sp³-hybridized carbons (Fsp3) is 0.188. The summed E-state index contributed by atoms with van der Waals surface area (Å²) in [5.74, 6) is -0.360. The van der Waals surface area contributed by atoms with E-state index in [1.54, 1.807) is 30.1 Å². The fourth-order valence-corrected chi connectivity index (χ4v) is 2.13. The maximum absolute atomic E-state index is 13.6. The van der Waals surface area contributed by atoms with E-state index in [4.69, 9.17) is 12.2 Å². The Hall–Kier alpha value is -2.15. The largest absolute Gasteiger partial charge is 0.416 e. The van der Waals surface area contributed by atoms with Crippen LogP contribution in [0.25, 0.3) is 0 Å². The van der Waals surface area contributed by atoms with Gasteiger partial charge in [0, 0.05) is 24.8 Å². The van der Waals surface area contributed by atoms with Gasteiger partial charge < -0.3 is 10.2 Å². The van der Waals surface area contributed by atoms with Crippen molar-refractivity contribution >= 4 is 23.0 Å². The Bertz CT molecular complexity index is 700. The van der Waals surface area contributed by atoms with Crippen molar-refractivity contribution in [2.24, 2.45) is 0 Å². The minimum Gasteiger partial charge on any atom is -0.348 e. The SMILES string of the molecule is CN(Cc1ccccc1F)C(=S)Nc1cccc(C(F)(F)F)c1. The Balaban J connectivity index is 2.06. The highest BCUT2D eigenvalue weighted by Crippen LogP contribution is 2.30. The maximum atomic E-state index is 13.6. The van der Waals surface area contributed by atoms with E-state index in [9.17, 15) is 17.6 Å². The first-order chi connectivity index (χ1) is 10.8. The van der Waals surface area contributed by atoms with E-state index >= 15 is 0 Å². The number of hydrogen-bond acceptors (Lipinski definition) is 1. The Morgan fingerprint density at radius 3 is 2.48 bits per heavy atom. The molecule has 0 spiro atoms. The number of benzene rings is 2. The quantitative estimate of drug-likeness (QED) is 0.644. The molecular weight excluding hydrogens is 328 g/mol. The Morgan fingerprint density at radius 2 is 1.83 bits per heavy atom. The molecule has 0 bridgehead atoms. The van der Waals surface area contributed by atoms with Gasteiger partial charge in [-0.1, -0.05) is 24.3 Å². The van der Waals surface area contributed by atoms with Crippen LogP contribution in [0.1, 0.15) is 11.1 Å². The topological polar surface area (TPSA) is 15.3 Å². The van der Waals surface area contributed by atoms with Crippen LogP contribution >= 0.6 is 12.2 Å². The lowest BCUT2D eigenvalue weighted by Gasteiger charge is -2.21.